The molecule has 1 unspecified atom stereocenters. The molecule has 0 saturated heterocycles. The van der Waals surface area contributed by atoms with Gasteiger partial charge in [-0.15, -0.1) is 0 Å². The Kier molecular flexibility index (Phi) is 5.33. The Hall–Kier alpha value is -1.06. The number of oxime groups is 2. The summed E-state index contributed by atoms with van der Waals surface area (Å²) in [5.41, 5.74) is 1.37. The molecular weight excluding hydrogens is 192 g/mol. The van der Waals surface area contributed by atoms with Gasteiger partial charge in [-0.1, -0.05) is 38.0 Å². The number of rotatable bonds is 4. The molecule has 0 aromatic heterocycles. The van der Waals surface area contributed by atoms with Crippen LogP contribution < -0.4 is 0 Å². The molecule has 0 heterocycles. The molecule has 0 aromatic rings. The third kappa shape index (κ3) is 4.81. The highest BCUT2D eigenvalue weighted by Gasteiger charge is 2.20. The summed E-state index contributed by atoms with van der Waals surface area (Å²) >= 11 is 0. The van der Waals surface area contributed by atoms with E-state index in [0.29, 0.717) is 12.1 Å². The van der Waals surface area contributed by atoms with Gasteiger partial charge in [-0.3, -0.25) is 0 Å². The van der Waals surface area contributed by atoms with Crippen molar-refractivity contribution in [3.05, 3.63) is 0 Å². The first-order chi connectivity index (χ1) is 6.82. The molecule has 0 saturated carbocycles. The number of nitrogens with zero attached hydrogens (tertiary/aromatic N) is 2. The van der Waals surface area contributed by atoms with E-state index in [1.807, 2.05) is 27.7 Å². The van der Waals surface area contributed by atoms with Crippen molar-refractivity contribution in [2.75, 3.05) is 0 Å². The topological polar surface area (TPSA) is 65.2 Å². The molecule has 88 valence electrons. The first kappa shape index (κ1) is 13.9. The molecule has 4 nitrogen and oxygen atoms in total. The van der Waals surface area contributed by atoms with Crippen LogP contribution in [-0.2, 0) is 0 Å². The van der Waals surface area contributed by atoms with Crippen molar-refractivity contribution in [1.29, 1.82) is 0 Å². The first-order valence-electron chi connectivity index (χ1n) is 5.23. The summed E-state index contributed by atoms with van der Waals surface area (Å²) in [5, 5.41) is 24.0. The SMILES string of the molecule is CC(=NO)C(C)CCC(=NO)C(C)(C)C. The fourth-order valence-corrected chi connectivity index (χ4v) is 1.24. The van der Waals surface area contributed by atoms with E-state index in [0.717, 1.165) is 12.1 Å². The molecule has 0 aromatic carbocycles. The molecule has 0 rings (SSSR count). The third-order valence-corrected chi connectivity index (χ3v) is 2.67. The van der Waals surface area contributed by atoms with Gasteiger partial charge in [-0.05, 0) is 25.7 Å². The lowest BCUT2D eigenvalue weighted by molar-refractivity contribution is 0.307. The summed E-state index contributed by atoms with van der Waals surface area (Å²) in [4.78, 5) is 0. The minimum atomic E-state index is -0.112. The molecule has 0 aliphatic rings. The normalized spacial score (nSPS) is 16.6. The monoisotopic (exact) mass is 214 g/mol. The summed E-state index contributed by atoms with van der Waals surface area (Å²) in [7, 11) is 0. The predicted octanol–water partition coefficient (Wildman–Crippen LogP) is 3.13. The minimum absolute atomic E-state index is 0.112. The molecule has 0 amide bonds. The summed E-state index contributed by atoms with van der Waals surface area (Å²) in [6.07, 6.45) is 1.54. The van der Waals surface area contributed by atoms with Gasteiger partial charge in [0.1, 0.15) is 0 Å². The van der Waals surface area contributed by atoms with Crippen molar-refractivity contribution in [3.8, 4) is 0 Å². The van der Waals surface area contributed by atoms with Crippen LogP contribution in [0.2, 0.25) is 0 Å². The van der Waals surface area contributed by atoms with E-state index < -0.39 is 0 Å². The van der Waals surface area contributed by atoms with Gasteiger partial charge in [-0.2, -0.15) is 0 Å². The zero-order valence-corrected chi connectivity index (χ0v) is 10.3. The molecule has 2 N–H and O–H groups in total. The number of hydrogen-bond donors (Lipinski definition) is 2. The van der Waals surface area contributed by atoms with Crippen LogP contribution in [0.4, 0.5) is 0 Å². The Morgan fingerprint density at radius 1 is 1.20 bits per heavy atom. The van der Waals surface area contributed by atoms with E-state index in [1.54, 1.807) is 6.92 Å². The van der Waals surface area contributed by atoms with E-state index in [2.05, 4.69) is 10.3 Å². The Morgan fingerprint density at radius 3 is 2.07 bits per heavy atom. The molecule has 15 heavy (non-hydrogen) atoms. The predicted molar refractivity (Wildman–Crippen MR) is 62.0 cm³/mol. The highest BCUT2D eigenvalue weighted by Crippen LogP contribution is 2.21. The zero-order chi connectivity index (χ0) is 12.1. The quantitative estimate of drug-likeness (QED) is 0.429. The Morgan fingerprint density at radius 2 is 1.73 bits per heavy atom. The van der Waals surface area contributed by atoms with Crippen LogP contribution in [-0.4, -0.2) is 21.8 Å². The largest absolute Gasteiger partial charge is 0.411 e. The molecule has 4 heteroatoms. The molecule has 0 radical (unpaired) electrons. The van der Waals surface area contributed by atoms with Crippen molar-refractivity contribution in [3.63, 3.8) is 0 Å². The van der Waals surface area contributed by atoms with E-state index in [9.17, 15) is 0 Å². The van der Waals surface area contributed by atoms with Gasteiger partial charge in [0, 0.05) is 5.41 Å². The van der Waals surface area contributed by atoms with Crippen LogP contribution in [0.15, 0.2) is 10.3 Å². The van der Waals surface area contributed by atoms with Gasteiger partial charge in [0.25, 0.3) is 0 Å². The van der Waals surface area contributed by atoms with E-state index in [1.165, 1.54) is 0 Å². The average Bonchev–Trinajstić information content (AvgIpc) is 2.15. The van der Waals surface area contributed by atoms with Gasteiger partial charge in [0.15, 0.2) is 0 Å². The van der Waals surface area contributed by atoms with E-state index in [-0.39, 0.29) is 11.3 Å². The Balaban J connectivity index is 4.27. The maximum atomic E-state index is 8.88. The fourth-order valence-electron chi connectivity index (χ4n) is 1.24. The Labute approximate surface area is 91.7 Å². The van der Waals surface area contributed by atoms with Crippen LogP contribution in [0.5, 0.6) is 0 Å². The maximum Gasteiger partial charge on any atom is 0.0624 e. The van der Waals surface area contributed by atoms with Crippen molar-refractivity contribution in [2.45, 2.75) is 47.5 Å². The maximum absolute atomic E-state index is 8.88. The molecule has 0 bridgehead atoms. The van der Waals surface area contributed by atoms with Crippen LogP contribution in [0, 0.1) is 11.3 Å². The van der Waals surface area contributed by atoms with Crippen LogP contribution in [0.25, 0.3) is 0 Å². The van der Waals surface area contributed by atoms with Crippen LogP contribution in [0.1, 0.15) is 47.5 Å². The molecule has 0 spiro atoms. The van der Waals surface area contributed by atoms with Crippen LogP contribution >= 0.6 is 0 Å². The average molecular weight is 214 g/mol. The molecular formula is C11H22N2O2. The molecule has 0 fully saturated rings. The zero-order valence-electron chi connectivity index (χ0n) is 10.3. The number of hydrogen-bond acceptors (Lipinski definition) is 4. The molecule has 0 aliphatic carbocycles. The van der Waals surface area contributed by atoms with Gasteiger partial charge < -0.3 is 10.4 Å². The summed E-state index contributed by atoms with van der Waals surface area (Å²) in [6, 6.07) is 0. The summed E-state index contributed by atoms with van der Waals surface area (Å²) in [6.45, 7) is 9.82. The van der Waals surface area contributed by atoms with Crippen molar-refractivity contribution < 1.29 is 10.4 Å². The Bertz CT molecular complexity index is 252. The van der Waals surface area contributed by atoms with Gasteiger partial charge in [-0.25, -0.2) is 0 Å². The summed E-state index contributed by atoms with van der Waals surface area (Å²) in [5.74, 6) is 0.203. The second-order valence-corrected chi connectivity index (χ2v) is 4.98. The van der Waals surface area contributed by atoms with Crippen LogP contribution in [0.3, 0.4) is 0 Å². The third-order valence-electron chi connectivity index (χ3n) is 2.67. The van der Waals surface area contributed by atoms with E-state index >= 15 is 0 Å². The summed E-state index contributed by atoms with van der Waals surface area (Å²) < 4.78 is 0. The molecule has 1 atom stereocenters. The molecule has 0 aliphatic heterocycles. The lowest BCUT2D eigenvalue weighted by atomic mass is 9.85. The lowest BCUT2D eigenvalue weighted by Gasteiger charge is -2.21. The second kappa shape index (κ2) is 5.73. The fraction of sp³-hybridized carbons (Fsp3) is 0.818. The second-order valence-electron chi connectivity index (χ2n) is 4.98. The van der Waals surface area contributed by atoms with Crippen molar-refractivity contribution in [2.24, 2.45) is 21.6 Å². The highest BCUT2D eigenvalue weighted by atomic mass is 16.4. The minimum Gasteiger partial charge on any atom is -0.411 e. The lowest BCUT2D eigenvalue weighted by Crippen LogP contribution is -2.22. The van der Waals surface area contributed by atoms with Gasteiger partial charge >= 0.3 is 0 Å². The van der Waals surface area contributed by atoms with Crippen molar-refractivity contribution in [1.82, 2.24) is 0 Å². The van der Waals surface area contributed by atoms with Crippen molar-refractivity contribution >= 4 is 11.4 Å². The van der Waals surface area contributed by atoms with Gasteiger partial charge in [0.2, 0.25) is 0 Å². The first-order valence-corrected chi connectivity index (χ1v) is 5.23. The van der Waals surface area contributed by atoms with E-state index in [4.69, 9.17) is 10.4 Å². The smallest absolute Gasteiger partial charge is 0.0624 e. The van der Waals surface area contributed by atoms with Gasteiger partial charge in [0.05, 0.1) is 11.4 Å². The highest BCUT2D eigenvalue weighted by molar-refractivity contribution is 5.89. The standard InChI is InChI=1S/C11H22N2O2/c1-8(9(2)12-14)6-7-10(13-15)11(3,4)5/h8,14-15H,6-7H2,1-5H3.